The summed E-state index contributed by atoms with van der Waals surface area (Å²) < 4.78 is 0. The number of benzene rings is 1. The van der Waals surface area contributed by atoms with E-state index in [9.17, 15) is 4.79 Å². The minimum absolute atomic E-state index is 0.263. The molecular formula is C11H15Cl2N3O. The lowest BCUT2D eigenvalue weighted by Crippen LogP contribution is -2.34. The standard InChI is InChI=1S/C11H15Cl2N3O/c1-2-14-5-6-15-11(17)16-8-3-4-9(12)10(13)7-8/h3-4,7,14H,2,5-6H2,1H3,(H2,15,16,17). The van der Waals surface area contributed by atoms with Crippen LogP contribution >= 0.6 is 23.2 Å². The van der Waals surface area contributed by atoms with E-state index in [1.54, 1.807) is 18.2 Å². The third-order valence-electron chi connectivity index (χ3n) is 2.01. The minimum Gasteiger partial charge on any atom is -0.337 e. The number of halogens is 2. The molecule has 0 heterocycles. The molecule has 1 rings (SSSR count). The molecule has 0 radical (unpaired) electrons. The lowest BCUT2D eigenvalue weighted by atomic mass is 10.3. The van der Waals surface area contributed by atoms with Crippen molar-refractivity contribution in [2.75, 3.05) is 25.0 Å². The number of carbonyl (C=O) groups excluding carboxylic acids is 1. The van der Waals surface area contributed by atoms with E-state index >= 15 is 0 Å². The van der Waals surface area contributed by atoms with Gasteiger partial charge in [0.2, 0.25) is 0 Å². The summed E-state index contributed by atoms with van der Waals surface area (Å²) in [6.07, 6.45) is 0. The number of urea groups is 1. The summed E-state index contributed by atoms with van der Waals surface area (Å²) in [6, 6.07) is 4.67. The summed E-state index contributed by atoms with van der Waals surface area (Å²) in [5.41, 5.74) is 0.611. The minimum atomic E-state index is -0.263. The Hall–Kier alpha value is -0.970. The van der Waals surface area contributed by atoms with Crippen LogP contribution in [0.4, 0.5) is 10.5 Å². The van der Waals surface area contributed by atoms with Crippen LogP contribution in [-0.2, 0) is 0 Å². The second kappa shape index (κ2) is 7.37. The molecule has 0 aliphatic carbocycles. The molecule has 94 valence electrons. The fourth-order valence-corrected chi connectivity index (χ4v) is 1.49. The fourth-order valence-electron chi connectivity index (χ4n) is 1.19. The van der Waals surface area contributed by atoms with Crippen LogP contribution in [0.25, 0.3) is 0 Å². The van der Waals surface area contributed by atoms with E-state index in [1.807, 2.05) is 6.92 Å². The Bertz CT molecular complexity index is 385. The lowest BCUT2D eigenvalue weighted by molar-refractivity contribution is 0.252. The Labute approximate surface area is 111 Å². The van der Waals surface area contributed by atoms with Gasteiger partial charge in [0.1, 0.15) is 0 Å². The van der Waals surface area contributed by atoms with E-state index in [0.717, 1.165) is 13.1 Å². The first-order chi connectivity index (χ1) is 8.13. The molecule has 0 aliphatic heterocycles. The van der Waals surface area contributed by atoms with Gasteiger partial charge in [0.25, 0.3) is 0 Å². The van der Waals surface area contributed by atoms with Crippen molar-refractivity contribution in [1.29, 1.82) is 0 Å². The highest BCUT2D eigenvalue weighted by Gasteiger charge is 2.03. The number of carbonyl (C=O) groups is 1. The molecule has 0 unspecified atom stereocenters. The van der Waals surface area contributed by atoms with Gasteiger partial charge in [-0.15, -0.1) is 0 Å². The van der Waals surface area contributed by atoms with Crippen LogP contribution in [0.2, 0.25) is 10.0 Å². The maximum atomic E-state index is 11.4. The fraction of sp³-hybridized carbons (Fsp3) is 0.364. The van der Waals surface area contributed by atoms with Gasteiger partial charge in [0.15, 0.2) is 0 Å². The van der Waals surface area contributed by atoms with Gasteiger partial charge >= 0.3 is 6.03 Å². The summed E-state index contributed by atoms with van der Waals surface area (Å²) in [4.78, 5) is 11.4. The number of hydrogen-bond acceptors (Lipinski definition) is 2. The molecule has 0 fully saturated rings. The molecule has 17 heavy (non-hydrogen) atoms. The van der Waals surface area contributed by atoms with Gasteiger partial charge < -0.3 is 16.0 Å². The number of hydrogen-bond donors (Lipinski definition) is 3. The third-order valence-corrected chi connectivity index (χ3v) is 2.75. The van der Waals surface area contributed by atoms with Crippen molar-refractivity contribution in [3.8, 4) is 0 Å². The average molecular weight is 276 g/mol. The Morgan fingerprint density at radius 2 is 2.00 bits per heavy atom. The van der Waals surface area contributed by atoms with Gasteiger partial charge in [-0.05, 0) is 24.7 Å². The van der Waals surface area contributed by atoms with Crippen molar-refractivity contribution in [3.63, 3.8) is 0 Å². The number of anilines is 1. The zero-order chi connectivity index (χ0) is 12.7. The molecule has 6 heteroatoms. The van der Waals surface area contributed by atoms with Gasteiger partial charge in [-0.1, -0.05) is 30.1 Å². The summed E-state index contributed by atoms with van der Waals surface area (Å²) >= 11 is 11.6. The van der Waals surface area contributed by atoms with Crippen molar-refractivity contribution in [2.24, 2.45) is 0 Å². The lowest BCUT2D eigenvalue weighted by Gasteiger charge is -2.08. The largest absolute Gasteiger partial charge is 0.337 e. The Morgan fingerprint density at radius 3 is 2.65 bits per heavy atom. The van der Waals surface area contributed by atoms with Gasteiger partial charge in [-0.2, -0.15) is 0 Å². The van der Waals surface area contributed by atoms with E-state index in [1.165, 1.54) is 0 Å². The molecule has 0 saturated heterocycles. The van der Waals surface area contributed by atoms with E-state index in [0.29, 0.717) is 22.3 Å². The molecule has 3 N–H and O–H groups in total. The molecule has 0 saturated carbocycles. The Balaban J connectivity index is 2.37. The molecule has 2 amide bonds. The summed E-state index contributed by atoms with van der Waals surface area (Å²) in [7, 11) is 0. The summed E-state index contributed by atoms with van der Waals surface area (Å²) in [5, 5.41) is 9.36. The number of amides is 2. The van der Waals surface area contributed by atoms with Crippen molar-refractivity contribution in [3.05, 3.63) is 28.2 Å². The molecule has 1 aromatic rings. The van der Waals surface area contributed by atoms with Crippen LogP contribution in [0.1, 0.15) is 6.92 Å². The summed E-state index contributed by atoms with van der Waals surface area (Å²) in [6.45, 7) is 4.21. The molecule has 4 nitrogen and oxygen atoms in total. The van der Waals surface area contributed by atoms with Crippen LogP contribution in [-0.4, -0.2) is 25.7 Å². The monoisotopic (exact) mass is 275 g/mol. The predicted octanol–water partition coefficient (Wildman–Crippen LogP) is 2.72. The third kappa shape index (κ3) is 5.26. The van der Waals surface area contributed by atoms with Gasteiger partial charge in [-0.25, -0.2) is 4.79 Å². The normalized spacial score (nSPS) is 10.1. The molecule has 0 bridgehead atoms. The SMILES string of the molecule is CCNCCNC(=O)Nc1ccc(Cl)c(Cl)c1. The number of nitrogens with one attached hydrogen (secondary N) is 3. The van der Waals surface area contributed by atoms with Crippen LogP contribution in [0.15, 0.2) is 18.2 Å². The van der Waals surface area contributed by atoms with Crippen molar-refractivity contribution in [2.45, 2.75) is 6.92 Å². The number of rotatable bonds is 5. The molecular weight excluding hydrogens is 261 g/mol. The maximum Gasteiger partial charge on any atom is 0.319 e. The topological polar surface area (TPSA) is 53.2 Å². The van der Waals surface area contributed by atoms with Crippen LogP contribution in [0.5, 0.6) is 0 Å². The molecule has 1 aromatic carbocycles. The second-order valence-electron chi connectivity index (χ2n) is 3.36. The van der Waals surface area contributed by atoms with E-state index in [4.69, 9.17) is 23.2 Å². The summed E-state index contributed by atoms with van der Waals surface area (Å²) in [5.74, 6) is 0. The first kappa shape index (κ1) is 14.1. The highest BCUT2D eigenvalue weighted by Crippen LogP contribution is 2.24. The molecule has 0 aliphatic rings. The smallest absolute Gasteiger partial charge is 0.319 e. The van der Waals surface area contributed by atoms with Crippen molar-refractivity contribution >= 4 is 34.9 Å². The van der Waals surface area contributed by atoms with Crippen LogP contribution < -0.4 is 16.0 Å². The van der Waals surface area contributed by atoms with E-state index in [-0.39, 0.29) is 6.03 Å². The van der Waals surface area contributed by atoms with Crippen molar-refractivity contribution in [1.82, 2.24) is 10.6 Å². The first-order valence-electron chi connectivity index (χ1n) is 5.34. The zero-order valence-corrected chi connectivity index (χ0v) is 11.0. The highest BCUT2D eigenvalue weighted by molar-refractivity contribution is 6.42. The van der Waals surface area contributed by atoms with E-state index in [2.05, 4.69) is 16.0 Å². The predicted molar refractivity (Wildman–Crippen MR) is 72.0 cm³/mol. The maximum absolute atomic E-state index is 11.4. The zero-order valence-electron chi connectivity index (χ0n) is 9.52. The molecule has 0 atom stereocenters. The van der Waals surface area contributed by atoms with Gasteiger partial charge in [0, 0.05) is 18.8 Å². The highest BCUT2D eigenvalue weighted by atomic mass is 35.5. The second-order valence-corrected chi connectivity index (χ2v) is 4.18. The molecule has 0 spiro atoms. The average Bonchev–Trinajstić information content (AvgIpc) is 2.30. The van der Waals surface area contributed by atoms with Crippen LogP contribution in [0.3, 0.4) is 0 Å². The Kier molecular flexibility index (Phi) is 6.11. The first-order valence-corrected chi connectivity index (χ1v) is 6.09. The quantitative estimate of drug-likeness (QED) is 0.724. The molecule has 0 aromatic heterocycles. The number of likely N-dealkylation sites (N-methyl/N-ethyl adjacent to an activating group) is 1. The van der Waals surface area contributed by atoms with Gasteiger partial charge in [-0.3, -0.25) is 0 Å². The van der Waals surface area contributed by atoms with E-state index < -0.39 is 0 Å². The van der Waals surface area contributed by atoms with Crippen LogP contribution in [0, 0.1) is 0 Å². The van der Waals surface area contributed by atoms with Gasteiger partial charge in [0.05, 0.1) is 10.0 Å². The Morgan fingerprint density at radius 1 is 1.24 bits per heavy atom. The van der Waals surface area contributed by atoms with Crippen molar-refractivity contribution < 1.29 is 4.79 Å².